The predicted molar refractivity (Wildman–Crippen MR) is 106 cm³/mol. The van der Waals surface area contributed by atoms with Gasteiger partial charge < -0.3 is 10.1 Å². The van der Waals surface area contributed by atoms with Crippen molar-refractivity contribution in [3.63, 3.8) is 0 Å². The third-order valence-corrected chi connectivity index (χ3v) is 5.05. The number of thiazole rings is 1. The summed E-state index contributed by atoms with van der Waals surface area (Å²) in [6.45, 7) is 4.71. The maximum absolute atomic E-state index is 12.3. The lowest BCUT2D eigenvalue weighted by molar-refractivity contribution is -0.127. The first-order valence-corrected chi connectivity index (χ1v) is 9.70. The molecule has 0 fully saturated rings. The van der Waals surface area contributed by atoms with Crippen molar-refractivity contribution in [3.05, 3.63) is 65.2 Å². The van der Waals surface area contributed by atoms with Crippen LogP contribution < -0.4 is 5.32 Å². The second kappa shape index (κ2) is 8.92. The van der Waals surface area contributed by atoms with Crippen LogP contribution >= 0.6 is 11.3 Å². The van der Waals surface area contributed by atoms with Crippen LogP contribution in [0.2, 0.25) is 0 Å². The molecule has 0 saturated heterocycles. The normalized spacial score (nSPS) is 12.4. The Bertz CT molecular complexity index is 812. The van der Waals surface area contributed by atoms with E-state index in [0.29, 0.717) is 12.5 Å². The average molecular weight is 369 g/mol. The van der Waals surface area contributed by atoms with Crippen LogP contribution in [0.3, 0.4) is 0 Å². The van der Waals surface area contributed by atoms with Gasteiger partial charge >= 0.3 is 0 Å². The smallest absolute Gasteiger partial charge is 0.246 e. The van der Waals surface area contributed by atoms with Gasteiger partial charge in [-0.2, -0.15) is 0 Å². The highest BCUT2D eigenvalue weighted by molar-refractivity contribution is 7.18. The number of hydrogen-bond acceptors (Lipinski definition) is 4. The van der Waals surface area contributed by atoms with Gasteiger partial charge in [0.1, 0.15) is 11.6 Å². The standard InChI is InChI=1S/C21H24N2O2S/c1-15(2)12-18(16-8-4-3-5-9-16)22-20(24)13-25-14-21-23-17-10-6-7-11-19(17)26-21/h3-11,15,18H,12-14H2,1-2H3,(H,22,24). The van der Waals surface area contributed by atoms with Crippen LogP contribution in [0.15, 0.2) is 54.6 Å². The zero-order valence-corrected chi connectivity index (χ0v) is 16.0. The Morgan fingerprint density at radius 2 is 1.85 bits per heavy atom. The summed E-state index contributed by atoms with van der Waals surface area (Å²) in [7, 11) is 0. The molecule has 0 bridgehead atoms. The molecule has 0 aliphatic rings. The molecule has 1 aromatic heterocycles. The monoisotopic (exact) mass is 368 g/mol. The summed E-state index contributed by atoms with van der Waals surface area (Å²) in [5, 5.41) is 3.99. The van der Waals surface area contributed by atoms with Gasteiger partial charge in [-0.05, 0) is 30.0 Å². The van der Waals surface area contributed by atoms with Gasteiger partial charge in [-0.15, -0.1) is 11.3 Å². The quantitative estimate of drug-likeness (QED) is 0.626. The Kier molecular flexibility index (Phi) is 6.36. The van der Waals surface area contributed by atoms with E-state index in [2.05, 4.69) is 36.3 Å². The van der Waals surface area contributed by atoms with Crippen molar-refractivity contribution >= 4 is 27.5 Å². The molecule has 1 atom stereocenters. The van der Waals surface area contributed by atoms with Gasteiger partial charge in [0.05, 0.1) is 22.9 Å². The highest BCUT2D eigenvalue weighted by Gasteiger charge is 2.16. The van der Waals surface area contributed by atoms with E-state index in [1.807, 2.05) is 42.5 Å². The summed E-state index contributed by atoms with van der Waals surface area (Å²) in [6.07, 6.45) is 0.896. The van der Waals surface area contributed by atoms with E-state index < -0.39 is 0 Å². The lowest BCUT2D eigenvalue weighted by Gasteiger charge is -2.21. The minimum Gasteiger partial charge on any atom is -0.364 e. The first kappa shape index (κ1) is 18.5. The van der Waals surface area contributed by atoms with Gasteiger partial charge in [-0.3, -0.25) is 4.79 Å². The number of carbonyl (C=O) groups is 1. The highest BCUT2D eigenvalue weighted by atomic mass is 32.1. The first-order valence-electron chi connectivity index (χ1n) is 8.88. The van der Waals surface area contributed by atoms with Crippen LogP contribution in [0, 0.1) is 5.92 Å². The molecule has 0 aliphatic heterocycles. The first-order chi connectivity index (χ1) is 12.6. The molecule has 1 N–H and O–H groups in total. The van der Waals surface area contributed by atoms with Crippen LogP contribution in [0.5, 0.6) is 0 Å². The van der Waals surface area contributed by atoms with Crippen molar-refractivity contribution in [3.8, 4) is 0 Å². The van der Waals surface area contributed by atoms with Gasteiger partial charge in [0.2, 0.25) is 5.91 Å². The van der Waals surface area contributed by atoms with Crippen molar-refractivity contribution < 1.29 is 9.53 Å². The van der Waals surface area contributed by atoms with E-state index >= 15 is 0 Å². The molecule has 5 heteroatoms. The molecule has 26 heavy (non-hydrogen) atoms. The van der Waals surface area contributed by atoms with Crippen molar-refractivity contribution in [1.82, 2.24) is 10.3 Å². The molecule has 3 rings (SSSR count). The maximum atomic E-state index is 12.3. The van der Waals surface area contributed by atoms with Crippen molar-refractivity contribution in [2.24, 2.45) is 5.92 Å². The zero-order chi connectivity index (χ0) is 18.4. The van der Waals surface area contributed by atoms with Crippen molar-refractivity contribution in [1.29, 1.82) is 0 Å². The van der Waals surface area contributed by atoms with Crippen LogP contribution in [-0.4, -0.2) is 17.5 Å². The van der Waals surface area contributed by atoms with Gasteiger partial charge in [0, 0.05) is 0 Å². The number of rotatable bonds is 8. The Morgan fingerprint density at radius 3 is 2.58 bits per heavy atom. The number of fused-ring (bicyclic) bond motifs is 1. The van der Waals surface area contributed by atoms with Gasteiger partial charge in [0.15, 0.2) is 0 Å². The molecule has 0 aliphatic carbocycles. The van der Waals surface area contributed by atoms with Crippen LogP contribution in [0.4, 0.5) is 0 Å². The highest BCUT2D eigenvalue weighted by Crippen LogP contribution is 2.22. The Labute approximate surface area is 158 Å². The molecule has 136 valence electrons. The Morgan fingerprint density at radius 1 is 1.12 bits per heavy atom. The fraction of sp³-hybridized carbons (Fsp3) is 0.333. The van der Waals surface area contributed by atoms with E-state index in [4.69, 9.17) is 4.74 Å². The molecular weight excluding hydrogens is 344 g/mol. The topological polar surface area (TPSA) is 51.2 Å². The fourth-order valence-corrected chi connectivity index (χ4v) is 3.79. The summed E-state index contributed by atoms with van der Waals surface area (Å²) >= 11 is 1.60. The molecule has 2 aromatic carbocycles. The second-order valence-corrected chi connectivity index (χ2v) is 7.84. The Hall–Kier alpha value is -2.24. The summed E-state index contributed by atoms with van der Waals surface area (Å²) < 4.78 is 6.72. The largest absolute Gasteiger partial charge is 0.364 e. The van der Waals surface area contributed by atoms with Crippen molar-refractivity contribution in [2.75, 3.05) is 6.61 Å². The molecule has 1 amide bonds. The summed E-state index contributed by atoms with van der Waals surface area (Å²) in [4.78, 5) is 16.8. The zero-order valence-electron chi connectivity index (χ0n) is 15.1. The minimum absolute atomic E-state index is 0.00903. The summed E-state index contributed by atoms with van der Waals surface area (Å²) in [5.74, 6) is 0.393. The van der Waals surface area contributed by atoms with E-state index in [1.54, 1.807) is 11.3 Å². The molecule has 4 nitrogen and oxygen atoms in total. The summed E-state index contributed by atoms with van der Waals surface area (Å²) in [6, 6.07) is 18.1. The van der Waals surface area contributed by atoms with Crippen molar-refractivity contribution in [2.45, 2.75) is 32.9 Å². The molecule has 3 aromatic rings. The predicted octanol–water partition coefficient (Wildman–Crippen LogP) is 4.72. The maximum Gasteiger partial charge on any atom is 0.246 e. The van der Waals surface area contributed by atoms with E-state index in [-0.39, 0.29) is 18.6 Å². The van der Waals surface area contributed by atoms with Gasteiger partial charge in [-0.25, -0.2) is 4.98 Å². The number of nitrogens with one attached hydrogen (secondary N) is 1. The van der Waals surface area contributed by atoms with E-state index in [1.165, 1.54) is 0 Å². The number of hydrogen-bond donors (Lipinski definition) is 1. The lowest BCUT2D eigenvalue weighted by Crippen LogP contribution is -2.32. The number of carbonyl (C=O) groups excluding carboxylic acids is 1. The second-order valence-electron chi connectivity index (χ2n) is 6.73. The molecule has 1 unspecified atom stereocenters. The Balaban J connectivity index is 1.53. The number of ether oxygens (including phenoxy) is 1. The number of nitrogens with zero attached hydrogens (tertiary/aromatic N) is 1. The van der Waals surface area contributed by atoms with Crippen LogP contribution in [0.1, 0.15) is 36.9 Å². The number of para-hydroxylation sites is 1. The van der Waals surface area contributed by atoms with Gasteiger partial charge in [0.25, 0.3) is 0 Å². The third kappa shape index (κ3) is 5.13. The number of benzene rings is 2. The van der Waals surface area contributed by atoms with Crippen LogP contribution in [-0.2, 0) is 16.1 Å². The number of aromatic nitrogens is 1. The minimum atomic E-state index is -0.0967. The average Bonchev–Trinajstić information content (AvgIpc) is 3.04. The van der Waals surface area contributed by atoms with Crippen LogP contribution in [0.25, 0.3) is 10.2 Å². The molecule has 0 spiro atoms. The molecular formula is C21H24N2O2S. The molecule has 1 heterocycles. The fourth-order valence-electron chi connectivity index (χ4n) is 2.88. The summed E-state index contributed by atoms with van der Waals surface area (Å²) in [5.41, 5.74) is 2.10. The number of amides is 1. The third-order valence-electron chi connectivity index (χ3n) is 4.04. The van der Waals surface area contributed by atoms with E-state index in [9.17, 15) is 4.79 Å². The SMILES string of the molecule is CC(C)CC(NC(=O)COCc1nc2ccccc2s1)c1ccccc1. The lowest BCUT2D eigenvalue weighted by atomic mass is 9.97. The van der Waals surface area contributed by atoms with Gasteiger partial charge in [-0.1, -0.05) is 56.3 Å². The van der Waals surface area contributed by atoms with E-state index in [0.717, 1.165) is 27.2 Å². The molecule has 0 saturated carbocycles. The molecule has 0 radical (unpaired) electrons.